The highest BCUT2D eigenvalue weighted by atomic mass is 35.5. The Kier molecular flexibility index (Phi) is 7.55. The fourth-order valence-electron chi connectivity index (χ4n) is 5.01. The lowest BCUT2D eigenvalue weighted by molar-refractivity contribution is -0.130. The fraction of sp³-hybridized carbons (Fsp3) is 0.133. The van der Waals surface area contributed by atoms with Crippen LogP contribution in [0.5, 0.6) is 0 Å². The van der Waals surface area contributed by atoms with E-state index in [1.807, 2.05) is 24.3 Å². The third-order valence-corrected chi connectivity index (χ3v) is 9.15. The lowest BCUT2D eigenvalue weighted by Crippen LogP contribution is -2.42. The van der Waals surface area contributed by atoms with Crippen LogP contribution in [0.1, 0.15) is 17.2 Å². The minimum absolute atomic E-state index is 0.00563. The highest BCUT2D eigenvalue weighted by molar-refractivity contribution is 7.92. The van der Waals surface area contributed by atoms with E-state index in [-0.39, 0.29) is 26.3 Å². The molecule has 5 aromatic rings. The van der Waals surface area contributed by atoms with Crippen LogP contribution in [0.3, 0.4) is 0 Å². The van der Waals surface area contributed by atoms with Gasteiger partial charge in [-0.3, -0.25) is 14.3 Å². The number of para-hydroxylation sites is 2. The third-order valence-electron chi connectivity index (χ3n) is 7.13. The van der Waals surface area contributed by atoms with Crippen molar-refractivity contribution >= 4 is 73.1 Å². The smallest absolute Gasteiger partial charge is 0.262 e. The van der Waals surface area contributed by atoms with Gasteiger partial charge in [0.25, 0.3) is 21.8 Å². The number of aromatic nitrogens is 3. The van der Waals surface area contributed by atoms with Crippen molar-refractivity contribution in [3.63, 3.8) is 0 Å². The molecule has 0 spiro atoms. The van der Waals surface area contributed by atoms with Gasteiger partial charge in [-0.1, -0.05) is 64.8 Å². The number of fused-ring (bicyclic) bond motifs is 2. The Balaban J connectivity index is 1.35. The molecule has 0 aliphatic carbocycles. The number of benzene rings is 4. The summed E-state index contributed by atoms with van der Waals surface area (Å²) in [4.78, 5) is 29.4. The van der Waals surface area contributed by atoms with Gasteiger partial charge in [0.2, 0.25) is 6.04 Å². The predicted molar refractivity (Wildman–Crippen MR) is 166 cm³/mol. The minimum atomic E-state index is -4.13. The number of amides is 2. The molecular weight excluding hydrogens is 611 g/mol. The number of carbonyl (C=O) groups is 2. The zero-order valence-electron chi connectivity index (χ0n) is 22.7. The van der Waals surface area contributed by atoms with Crippen LogP contribution in [0.4, 0.5) is 17.1 Å². The molecule has 43 heavy (non-hydrogen) atoms. The van der Waals surface area contributed by atoms with Crippen LogP contribution >= 0.6 is 23.2 Å². The lowest BCUT2D eigenvalue weighted by Gasteiger charge is -2.24. The van der Waals surface area contributed by atoms with E-state index in [0.717, 1.165) is 11.1 Å². The molecule has 0 saturated carbocycles. The molecule has 1 aliphatic rings. The van der Waals surface area contributed by atoms with E-state index in [4.69, 9.17) is 23.2 Å². The fourth-order valence-corrected chi connectivity index (χ4v) is 6.49. The molecule has 13 heteroatoms. The first-order chi connectivity index (χ1) is 20.6. The van der Waals surface area contributed by atoms with Gasteiger partial charge in [-0.15, -0.1) is 5.10 Å². The molecule has 0 bridgehead atoms. The molecular formula is C30H24Cl2N6O4S. The van der Waals surface area contributed by atoms with Crippen LogP contribution in [0.2, 0.25) is 10.0 Å². The third kappa shape index (κ3) is 5.54. The molecule has 6 rings (SSSR count). The summed E-state index contributed by atoms with van der Waals surface area (Å²) in [5.41, 5.74) is 3.68. The Bertz CT molecular complexity index is 2010. The number of sulfonamides is 1. The van der Waals surface area contributed by atoms with Gasteiger partial charge in [-0.05, 0) is 73.0 Å². The van der Waals surface area contributed by atoms with Crippen molar-refractivity contribution in [2.75, 3.05) is 21.5 Å². The summed E-state index contributed by atoms with van der Waals surface area (Å²) in [7, 11) is -4.13. The second-order valence-corrected chi connectivity index (χ2v) is 12.5. The number of carbonyl (C=O) groups excluding carboxylic acids is 2. The summed E-state index contributed by atoms with van der Waals surface area (Å²) in [6.07, 6.45) is 0.637. The maximum absolute atomic E-state index is 14.1. The Morgan fingerprint density at radius 1 is 0.907 bits per heavy atom. The van der Waals surface area contributed by atoms with Crippen molar-refractivity contribution in [1.29, 1.82) is 0 Å². The summed E-state index contributed by atoms with van der Waals surface area (Å²) in [5, 5.41) is 11.3. The second-order valence-electron chi connectivity index (χ2n) is 10.0. The number of nitrogens with zero attached hydrogens (tertiary/aromatic N) is 4. The number of halogens is 2. The van der Waals surface area contributed by atoms with Crippen LogP contribution in [-0.2, 0) is 26.0 Å². The van der Waals surface area contributed by atoms with Gasteiger partial charge in [-0.25, -0.2) is 13.1 Å². The molecule has 1 unspecified atom stereocenters. The minimum Gasteiger partial charge on any atom is -0.322 e. The van der Waals surface area contributed by atoms with E-state index >= 15 is 0 Å². The molecule has 1 aromatic heterocycles. The van der Waals surface area contributed by atoms with Crippen LogP contribution in [0.15, 0.2) is 89.8 Å². The molecule has 1 aliphatic heterocycles. The summed E-state index contributed by atoms with van der Waals surface area (Å²) >= 11 is 12.6. The number of hydrogen-bond donors (Lipinski definition) is 2. The average Bonchev–Trinajstić information content (AvgIpc) is 3.61. The first-order valence-corrected chi connectivity index (χ1v) is 15.4. The summed E-state index contributed by atoms with van der Waals surface area (Å²) in [6, 6.07) is 21.8. The van der Waals surface area contributed by atoms with Gasteiger partial charge >= 0.3 is 0 Å². The summed E-state index contributed by atoms with van der Waals surface area (Å²) < 4.78 is 30.3. The zero-order valence-corrected chi connectivity index (χ0v) is 25.0. The van der Waals surface area contributed by atoms with Gasteiger partial charge in [0, 0.05) is 12.2 Å². The number of hydrogen-bond acceptors (Lipinski definition) is 6. The Labute approximate surface area is 257 Å². The monoisotopic (exact) mass is 634 g/mol. The molecule has 2 N–H and O–H groups in total. The van der Waals surface area contributed by atoms with E-state index in [1.165, 1.54) is 22.9 Å². The maximum atomic E-state index is 14.1. The van der Waals surface area contributed by atoms with E-state index < -0.39 is 27.9 Å². The molecule has 2 heterocycles. The predicted octanol–water partition coefficient (Wildman–Crippen LogP) is 5.62. The van der Waals surface area contributed by atoms with E-state index in [1.54, 1.807) is 54.3 Å². The van der Waals surface area contributed by atoms with Gasteiger partial charge in [0.1, 0.15) is 5.52 Å². The second kappa shape index (κ2) is 11.3. The quantitative estimate of drug-likeness (QED) is 0.224. The van der Waals surface area contributed by atoms with Crippen molar-refractivity contribution < 1.29 is 18.0 Å². The number of rotatable bonds is 7. The normalized spacial score (nSPS) is 13.5. The number of nitrogens with one attached hydrogen (secondary N) is 2. The highest BCUT2D eigenvalue weighted by Gasteiger charge is 2.38. The Morgan fingerprint density at radius 2 is 1.63 bits per heavy atom. The molecule has 0 saturated heterocycles. The van der Waals surface area contributed by atoms with Crippen molar-refractivity contribution in [3.8, 4) is 0 Å². The maximum Gasteiger partial charge on any atom is 0.262 e. The summed E-state index contributed by atoms with van der Waals surface area (Å²) in [6.45, 7) is 2.19. The standard InChI is InChI=1S/C30H24Cl2N6O4S/c1-18-10-12-22(32)25(16-18)35-43(41,42)20-11-13-21(31)24(17-20)33-29(39)28(38-27-9-5-3-7-23(27)34-36-38)30(40)37-15-14-19-6-2-4-8-26(19)37/h2-13,16-17,28,35H,14-15H2,1H3,(H,33,39). The summed E-state index contributed by atoms with van der Waals surface area (Å²) in [5.74, 6) is -1.29. The van der Waals surface area contributed by atoms with Gasteiger partial charge in [-0.2, -0.15) is 0 Å². The number of aryl methyl sites for hydroxylation is 1. The Hall–Kier alpha value is -4.45. The molecule has 2 amide bonds. The zero-order chi connectivity index (χ0) is 30.3. The van der Waals surface area contributed by atoms with E-state index in [9.17, 15) is 18.0 Å². The number of anilines is 3. The van der Waals surface area contributed by atoms with E-state index in [2.05, 4.69) is 20.4 Å². The van der Waals surface area contributed by atoms with Crippen molar-refractivity contribution in [2.45, 2.75) is 24.3 Å². The van der Waals surface area contributed by atoms with Crippen LogP contribution in [-0.4, -0.2) is 41.8 Å². The molecule has 10 nitrogen and oxygen atoms in total. The first-order valence-electron chi connectivity index (χ1n) is 13.2. The SMILES string of the molecule is Cc1ccc(Cl)c(NS(=O)(=O)c2ccc(Cl)c(NC(=O)C(C(=O)N3CCc4ccccc43)n3nnc4ccccc43)c2)c1. The highest BCUT2D eigenvalue weighted by Crippen LogP contribution is 2.33. The molecule has 4 aromatic carbocycles. The molecule has 218 valence electrons. The lowest BCUT2D eigenvalue weighted by atomic mass is 10.1. The van der Waals surface area contributed by atoms with Gasteiger partial charge < -0.3 is 10.2 Å². The average molecular weight is 636 g/mol. The van der Waals surface area contributed by atoms with Crippen LogP contribution in [0.25, 0.3) is 11.0 Å². The largest absolute Gasteiger partial charge is 0.322 e. The first kappa shape index (κ1) is 28.7. The Morgan fingerprint density at radius 3 is 2.47 bits per heavy atom. The van der Waals surface area contributed by atoms with Crippen LogP contribution < -0.4 is 14.9 Å². The topological polar surface area (TPSA) is 126 Å². The van der Waals surface area contributed by atoms with Crippen molar-refractivity contribution in [2.24, 2.45) is 0 Å². The van der Waals surface area contributed by atoms with E-state index in [0.29, 0.717) is 29.7 Å². The van der Waals surface area contributed by atoms with Gasteiger partial charge in [0.15, 0.2) is 0 Å². The molecule has 0 radical (unpaired) electrons. The van der Waals surface area contributed by atoms with Crippen LogP contribution in [0, 0.1) is 6.92 Å². The van der Waals surface area contributed by atoms with Gasteiger partial charge in [0.05, 0.1) is 31.8 Å². The van der Waals surface area contributed by atoms with Crippen molar-refractivity contribution in [3.05, 3.63) is 106 Å². The molecule has 0 fully saturated rings. The molecule has 1 atom stereocenters. The van der Waals surface area contributed by atoms with Crippen molar-refractivity contribution in [1.82, 2.24) is 15.0 Å².